The molecule has 45 heavy (non-hydrogen) atoms. The fraction of sp³-hybridized carbons (Fsp3) is 0.441. The number of ether oxygens (including phenoxy) is 1. The van der Waals surface area contributed by atoms with E-state index in [1.54, 1.807) is 41.6 Å². The molecule has 2 aliphatic rings. The molecule has 240 valence electrons. The number of hydrogen-bond acceptors (Lipinski definition) is 7. The molecule has 1 unspecified atom stereocenters. The first-order chi connectivity index (χ1) is 21.6. The zero-order valence-corrected chi connectivity index (χ0v) is 26.8. The van der Waals surface area contributed by atoms with Gasteiger partial charge in [0.25, 0.3) is 0 Å². The Morgan fingerprint density at radius 2 is 1.60 bits per heavy atom. The first-order valence-corrected chi connectivity index (χ1v) is 16.4. The summed E-state index contributed by atoms with van der Waals surface area (Å²) in [6.07, 6.45) is 3.65. The first-order valence-electron chi connectivity index (χ1n) is 15.4. The van der Waals surface area contributed by atoms with Gasteiger partial charge in [-0.1, -0.05) is 30.3 Å². The fourth-order valence-corrected chi connectivity index (χ4v) is 7.21. The summed E-state index contributed by atoms with van der Waals surface area (Å²) in [4.78, 5) is 37.0. The highest BCUT2D eigenvalue weighted by Gasteiger charge is 2.44. The van der Waals surface area contributed by atoms with Gasteiger partial charge in [-0.05, 0) is 75.2 Å². The first kappa shape index (κ1) is 32.8. The number of rotatable bonds is 9. The average molecular weight is 638 g/mol. The zero-order chi connectivity index (χ0) is 32.0. The highest BCUT2D eigenvalue weighted by Crippen LogP contribution is 2.42. The van der Waals surface area contributed by atoms with E-state index in [0.717, 1.165) is 55.8 Å². The summed E-state index contributed by atoms with van der Waals surface area (Å²) in [6, 6.07) is 16.0. The number of hydrogen-bond donors (Lipinski definition) is 1. The predicted octanol–water partition coefficient (Wildman–Crippen LogP) is 5.62. The Bertz CT molecular complexity index is 1370. The van der Waals surface area contributed by atoms with E-state index in [1.165, 1.54) is 36.0 Å². The van der Waals surface area contributed by atoms with Crippen LogP contribution in [-0.4, -0.2) is 88.3 Å². The molecule has 1 N–H and O–H groups in total. The number of carbonyl (C=O) groups is 2. The molecule has 2 saturated heterocycles. The Kier molecular flexibility index (Phi) is 10.7. The van der Waals surface area contributed by atoms with E-state index >= 15 is 0 Å². The minimum Gasteiger partial charge on any atom is -0.444 e. The second-order valence-electron chi connectivity index (χ2n) is 12.4. The number of amides is 2. The lowest BCUT2D eigenvalue weighted by Gasteiger charge is -2.40. The van der Waals surface area contributed by atoms with E-state index in [4.69, 9.17) is 4.74 Å². The molecule has 2 aromatic carbocycles. The minimum absolute atomic E-state index is 0.0969. The Morgan fingerprint density at radius 1 is 0.978 bits per heavy atom. The van der Waals surface area contributed by atoms with Gasteiger partial charge < -0.3 is 15.0 Å². The van der Waals surface area contributed by atoms with E-state index in [1.807, 2.05) is 32.9 Å². The molecule has 8 nitrogen and oxygen atoms in total. The van der Waals surface area contributed by atoms with Gasteiger partial charge in [0.15, 0.2) is 0 Å². The number of halogens is 2. The van der Waals surface area contributed by atoms with Crippen molar-refractivity contribution in [2.75, 3.05) is 45.0 Å². The molecule has 5 rings (SSSR count). The number of thioether (sulfide) groups is 1. The van der Waals surface area contributed by atoms with Crippen LogP contribution in [0.1, 0.15) is 55.3 Å². The highest BCUT2D eigenvalue weighted by molar-refractivity contribution is 7.99. The summed E-state index contributed by atoms with van der Waals surface area (Å²) in [5.74, 6) is -0.293. The second-order valence-corrected chi connectivity index (χ2v) is 13.5. The summed E-state index contributed by atoms with van der Waals surface area (Å²) in [6.45, 7) is 10.0. The minimum atomic E-state index is -0.688. The lowest BCUT2D eigenvalue weighted by molar-refractivity contribution is -0.125. The van der Waals surface area contributed by atoms with Gasteiger partial charge in [-0.25, -0.2) is 13.6 Å². The van der Waals surface area contributed by atoms with Gasteiger partial charge in [-0.2, -0.15) is 0 Å². The van der Waals surface area contributed by atoms with Gasteiger partial charge in [0.2, 0.25) is 5.91 Å². The highest BCUT2D eigenvalue weighted by atomic mass is 32.2. The second kappa shape index (κ2) is 14.7. The SMILES string of the molecule is CC(C)(C)OC(=O)N1C(c2cccnc2)SC[C@H]1C(=O)NCCCN1CCN(C(c2ccc(F)cc2)c2ccc(F)cc2)CC1. The molecule has 0 saturated carbocycles. The van der Waals surface area contributed by atoms with Crippen LogP contribution in [0.5, 0.6) is 0 Å². The normalized spacial score (nSPS) is 19.6. The number of carbonyl (C=O) groups excluding carboxylic acids is 2. The summed E-state index contributed by atoms with van der Waals surface area (Å²) in [7, 11) is 0. The Hall–Kier alpha value is -3.54. The Morgan fingerprint density at radius 3 is 2.16 bits per heavy atom. The number of piperazine rings is 1. The molecule has 11 heteroatoms. The maximum Gasteiger partial charge on any atom is 0.412 e. The molecular formula is C34H41F2N5O3S. The van der Waals surface area contributed by atoms with E-state index in [2.05, 4.69) is 20.1 Å². The molecule has 1 aromatic heterocycles. The van der Waals surface area contributed by atoms with Crippen molar-refractivity contribution < 1.29 is 23.1 Å². The van der Waals surface area contributed by atoms with Gasteiger partial charge in [-0.3, -0.25) is 19.6 Å². The third-order valence-corrected chi connectivity index (χ3v) is 9.29. The summed E-state index contributed by atoms with van der Waals surface area (Å²) in [5.41, 5.74) is 2.10. The monoisotopic (exact) mass is 637 g/mol. The standard InChI is InChI=1S/C34H41F2N5O3S/c1-34(2,3)44-33(43)41-29(23-45-32(41)26-6-4-15-37-22-26)31(42)38-16-5-17-39-18-20-40(21-19-39)30(24-7-11-27(35)12-8-24)25-9-13-28(36)14-10-25/h4,6-15,22,29-30,32H,5,16-21,23H2,1-3H3,(H,38,42)/t29-,32?/m0/s1. The molecule has 3 aromatic rings. The molecule has 0 bridgehead atoms. The Balaban J connectivity index is 1.13. The largest absolute Gasteiger partial charge is 0.444 e. The summed E-state index contributed by atoms with van der Waals surface area (Å²) in [5, 5.41) is 2.69. The summed E-state index contributed by atoms with van der Waals surface area (Å²) >= 11 is 1.53. The van der Waals surface area contributed by atoms with E-state index in [9.17, 15) is 18.4 Å². The van der Waals surface area contributed by atoms with Gasteiger partial charge in [0.1, 0.15) is 28.7 Å². The van der Waals surface area contributed by atoms with Crippen LogP contribution in [0.15, 0.2) is 73.1 Å². The lowest BCUT2D eigenvalue weighted by Crippen LogP contribution is -2.50. The maximum atomic E-state index is 13.7. The molecule has 0 aliphatic carbocycles. The molecule has 0 radical (unpaired) electrons. The molecule has 0 spiro atoms. The number of benzene rings is 2. The molecule has 2 fully saturated rings. The molecule has 2 amide bonds. The van der Waals surface area contributed by atoms with Crippen molar-refractivity contribution in [2.24, 2.45) is 0 Å². The quantitative estimate of drug-likeness (QED) is 0.305. The van der Waals surface area contributed by atoms with Crippen LogP contribution in [-0.2, 0) is 9.53 Å². The number of nitrogens with zero attached hydrogens (tertiary/aromatic N) is 4. The van der Waals surface area contributed by atoms with Gasteiger partial charge in [-0.15, -0.1) is 11.8 Å². The van der Waals surface area contributed by atoms with E-state index in [-0.39, 0.29) is 29.0 Å². The summed E-state index contributed by atoms with van der Waals surface area (Å²) < 4.78 is 33.0. The molecule has 2 aliphatic heterocycles. The fourth-order valence-electron chi connectivity index (χ4n) is 5.81. The van der Waals surface area contributed by atoms with Gasteiger partial charge in [0, 0.05) is 56.4 Å². The van der Waals surface area contributed by atoms with Crippen molar-refractivity contribution in [3.8, 4) is 0 Å². The molecular weight excluding hydrogens is 596 g/mol. The topological polar surface area (TPSA) is 78.0 Å². The van der Waals surface area contributed by atoms with Crippen molar-refractivity contribution in [1.29, 1.82) is 0 Å². The molecule has 2 atom stereocenters. The van der Waals surface area contributed by atoms with Crippen LogP contribution in [0, 0.1) is 11.6 Å². The van der Waals surface area contributed by atoms with Crippen molar-refractivity contribution in [2.45, 2.75) is 50.3 Å². The van der Waals surface area contributed by atoms with Crippen LogP contribution < -0.4 is 5.32 Å². The van der Waals surface area contributed by atoms with Crippen LogP contribution in [0.2, 0.25) is 0 Å². The Labute approximate surface area is 268 Å². The third kappa shape index (κ3) is 8.59. The smallest absolute Gasteiger partial charge is 0.412 e. The van der Waals surface area contributed by atoms with Crippen LogP contribution >= 0.6 is 11.8 Å². The van der Waals surface area contributed by atoms with Gasteiger partial charge >= 0.3 is 6.09 Å². The van der Waals surface area contributed by atoms with Gasteiger partial charge in [0.05, 0.1) is 6.04 Å². The van der Waals surface area contributed by atoms with Crippen molar-refractivity contribution >= 4 is 23.8 Å². The number of nitrogens with one attached hydrogen (secondary N) is 1. The zero-order valence-electron chi connectivity index (χ0n) is 26.0. The van der Waals surface area contributed by atoms with Crippen LogP contribution in [0.4, 0.5) is 13.6 Å². The molecule has 3 heterocycles. The van der Waals surface area contributed by atoms with Crippen LogP contribution in [0.25, 0.3) is 0 Å². The van der Waals surface area contributed by atoms with Crippen molar-refractivity contribution in [3.63, 3.8) is 0 Å². The lowest BCUT2D eigenvalue weighted by atomic mass is 9.96. The number of aromatic nitrogens is 1. The van der Waals surface area contributed by atoms with Crippen molar-refractivity contribution in [1.82, 2.24) is 25.0 Å². The van der Waals surface area contributed by atoms with E-state index < -0.39 is 17.7 Å². The third-order valence-electron chi connectivity index (χ3n) is 7.97. The average Bonchev–Trinajstić information content (AvgIpc) is 3.47. The maximum absolute atomic E-state index is 13.7. The van der Waals surface area contributed by atoms with Crippen molar-refractivity contribution in [3.05, 3.63) is 101 Å². The van der Waals surface area contributed by atoms with Crippen LogP contribution in [0.3, 0.4) is 0 Å². The van der Waals surface area contributed by atoms with E-state index in [0.29, 0.717) is 12.3 Å². The number of pyridine rings is 1. The predicted molar refractivity (Wildman–Crippen MR) is 172 cm³/mol.